The van der Waals surface area contributed by atoms with Gasteiger partial charge in [-0.05, 0) is 36.4 Å². The van der Waals surface area contributed by atoms with Crippen LogP contribution in [0.4, 0.5) is 8.78 Å². The smallest absolute Gasteiger partial charge is 0.159 e. The Hall–Kier alpha value is -2.74. The summed E-state index contributed by atoms with van der Waals surface area (Å²) in [5, 5.41) is 8.81. The number of nitrogens with zero attached hydrogens (tertiary/aromatic N) is 2. The van der Waals surface area contributed by atoms with Crippen molar-refractivity contribution >= 4 is 11.0 Å². The molecule has 0 bridgehead atoms. The molecule has 2 aromatic carbocycles. The van der Waals surface area contributed by atoms with Crippen molar-refractivity contribution in [3.05, 3.63) is 53.6 Å². The largest absolute Gasteiger partial charge is 0.338 e. The summed E-state index contributed by atoms with van der Waals surface area (Å²) in [4.78, 5) is 7.26. The highest BCUT2D eigenvalue weighted by Crippen LogP contribution is 2.22. The average Bonchev–Trinajstić information content (AvgIpc) is 2.84. The summed E-state index contributed by atoms with van der Waals surface area (Å²) in [5.74, 6) is -1.38. The summed E-state index contributed by atoms with van der Waals surface area (Å²) >= 11 is 0. The van der Waals surface area contributed by atoms with Crippen molar-refractivity contribution in [1.82, 2.24) is 9.97 Å². The minimum Gasteiger partial charge on any atom is -0.338 e. The summed E-state index contributed by atoms with van der Waals surface area (Å²) in [5.41, 5.74) is 2.30. The van der Waals surface area contributed by atoms with Crippen LogP contribution in [0.15, 0.2) is 36.4 Å². The van der Waals surface area contributed by atoms with Crippen LogP contribution in [-0.2, 0) is 0 Å². The molecule has 3 rings (SSSR count). The van der Waals surface area contributed by atoms with Gasteiger partial charge in [-0.15, -0.1) is 0 Å². The highest BCUT2D eigenvalue weighted by molar-refractivity contribution is 5.80. The first-order chi connectivity index (χ1) is 9.17. The molecule has 0 atom stereocenters. The summed E-state index contributed by atoms with van der Waals surface area (Å²) in [6.07, 6.45) is 0. The van der Waals surface area contributed by atoms with Crippen LogP contribution in [0.25, 0.3) is 22.4 Å². The van der Waals surface area contributed by atoms with Gasteiger partial charge < -0.3 is 4.98 Å². The van der Waals surface area contributed by atoms with Gasteiger partial charge in [-0.3, -0.25) is 0 Å². The molecule has 0 unspecified atom stereocenters. The number of H-pyrrole nitrogens is 1. The van der Waals surface area contributed by atoms with E-state index in [0.29, 0.717) is 28.0 Å². The van der Waals surface area contributed by atoms with Crippen LogP contribution in [0.2, 0.25) is 0 Å². The highest BCUT2D eigenvalue weighted by Gasteiger charge is 2.09. The van der Waals surface area contributed by atoms with Crippen LogP contribution in [0.3, 0.4) is 0 Å². The topological polar surface area (TPSA) is 52.5 Å². The van der Waals surface area contributed by atoms with E-state index >= 15 is 0 Å². The predicted octanol–water partition coefficient (Wildman–Crippen LogP) is 3.38. The van der Waals surface area contributed by atoms with Crippen molar-refractivity contribution in [2.24, 2.45) is 0 Å². The first-order valence-corrected chi connectivity index (χ1v) is 5.52. The molecule has 0 aliphatic rings. The maximum absolute atomic E-state index is 13.2. The second-order valence-electron chi connectivity index (χ2n) is 4.06. The van der Waals surface area contributed by atoms with Crippen LogP contribution in [-0.4, -0.2) is 9.97 Å². The molecule has 3 nitrogen and oxygen atoms in total. The van der Waals surface area contributed by atoms with Crippen LogP contribution in [0.1, 0.15) is 5.56 Å². The van der Waals surface area contributed by atoms with Crippen molar-refractivity contribution < 1.29 is 8.78 Å². The fourth-order valence-corrected chi connectivity index (χ4v) is 1.86. The number of nitrogens with one attached hydrogen (secondary N) is 1. The number of rotatable bonds is 1. The molecule has 5 heteroatoms. The number of imidazole rings is 1. The molecule has 0 saturated carbocycles. The molecule has 19 heavy (non-hydrogen) atoms. The standard InChI is InChI=1S/C14H7F2N3/c15-10-3-2-9(6-11(10)16)14-18-12-4-1-8(7-17)5-13(12)19-14/h1-6H,(H,18,19). The van der Waals surface area contributed by atoms with Crippen molar-refractivity contribution in [2.75, 3.05) is 0 Å². The lowest BCUT2D eigenvalue weighted by Crippen LogP contribution is -1.86. The van der Waals surface area contributed by atoms with Crippen LogP contribution < -0.4 is 0 Å². The summed E-state index contributed by atoms with van der Waals surface area (Å²) in [6, 6.07) is 10.6. The van der Waals surface area contributed by atoms with Gasteiger partial charge in [0.25, 0.3) is 0 Å². The molecular formula is C14H7F2N3. The second kappa shape index (κ2) is 4.18. The zero-order chi connectivity index (χ0) is 13.4. The lowest BCUT2D eigenvalue weighted by molar-refractivity contribution is 0.509. The molecule has 1 heterocycles. The molecule has 0 saturated heterocycles. The van der Waals surface area contributed by atoms with Crippen molar-refractivity contribution in [1.29, 1.82) is 5.26 Å². The molecule has 1 aromatic heterocycles. The van der Waals surface area contributed by atoms with E-state index in [-0.39, 0.29) is 0 Å². The van der Waals surface area contributed by atoms with Crippen molar-refractivity contribution in [3.63, 3.8) is 0 Å². The highest BCUT2D eigenvalue weighted by atomic mass is 19.2. The zero-order valence-electron chi connectivity index (χ0n) is 9.61. The third kappa shape index (κ3) is 1.93. The molecule has 0 amide bonds. The van der Waals surface area contributed by atoms with E-state index < -0.39 is 11.6 Å². The van der Waals surface area contributed by atoms with E-state index in [9.17, 15) is 8.78 Å². The lowest BCUT2D eigenvalue weighted by atomic mass is 10.2. The predicted molar refractivity (Wildman–Crippen MR) is 66.2 cm³/mol. The zero-order valence-corrected chi connectivity index (χ0v) is 9.61. The van der Waals surface area contributed by atoms with Gasteiger partial charge in [-0.1, -0.05) is 0 Å². The third-order valence-electron chi connectivity index (χ3n) is 2.80. The SMILES string of the molecule is N#Cc1ccc2nc(-c3ccc(F)c(F)c3)[nH]c2c1. The normalized spacial score (nSPS) is 10.6. The molecule has 92 valence electrons. The molecule has 1 N–H and O–H groups in total. The van der Waals surface area contributed by atoms with Gasteiger partial charge in [0.05, 0.1) is 22.7 Å². The van der Waals surface area contributed by atoms with Gasteiger partial charge in [0, 0.05) is 5.56 Å². The Kier molecular flexibility index (Phi) is 2.50. The minimum atomic E-state index is -0.921. The van der Waals surface area contributed by atoms with E-state index in [1.54, 1.807) is 18.2 Å². The maximum Gasteiger partial charge on any atom is 0.159 e. The number of hydrogen-bond donors (Lipinski definition) is 1. The monoisotopic (exact) mass is 255 g/mol. The number of halogens is 2. The lowest BCUT2D eigenvalue weighted by Gasteiger charge is -1.97. The van der Waals surface area contributed by atoms with Gasteiger partial charge in [0.2, 0.25) is 0 Å². The van der Waals surface area contributed by atoms with Gasteiger partial charge in [0.1, 0.15) is 5.82 Å². The maximum atomic E-state index is 13.2. The number of benzene rings is 2. The molecule has 3 aromatic rings. The Labute approximate surface area is 107 Å². The average molecular weight is 255 g/mol. The van der Waals surface area contributed by atoms with E-state index in [0.717, 1.165) is 12.1 Å². The first kappa shape index (κ1) is 11.4. The molecule has 0 fully saturated rings. The minimum absolute atomic E-state index is 0.434. The number of fused-ring (bicyclic) bond motifs is 1. The van der Waals surface area contributed by atoms with Gasteiger partial charge >= 0.3 is 0 Å². The first-order valence-electron chi connectivity index (χ1n) is 5.52. The summed E-state index contributed by atoms with van der Waals surface area (Å²) in [6.45, 7) is 0. The van der Waals surface area contributed by atoms with Crippen LogP contribution in [0.5, 0.6) is 0 Å². The molecule has 0 spiro atoms. The number of aromatic nitrogens is 2. The number of aromatic amines is 1. The third-order valence-corrected chi connectivity index (χ3v) is 2.80. The van der Waals surface area contributed by atoms with Crippen LogP contribution in [0, 0.1) is 23.0 Å². The molecule has 0 radical (unpaired) electrons. The van der Waals surface area contributed by atoms with Gasteiger partial charge in [-0.25, -0.2) is 13.8 Å². The molecule has 0 aliphatic carbocycles. The number of hydrogen-bond acceptors (Lipinski definition) is 2. The van der Waals surface area contributed by atoms with E-state index in [2.05, 4.69) is 9.97 Å². The Bertz CT molecular complexity index is 815. The summed E-state index contributed by atoms with van der Waals surface area (Å²) in [7, 11) is 0. The Morgan fingerprint density at radius 2 is 1.89 bits per heavy atom. The van der Waals surface area contributed by atoms with Gasteiger partial charge in [0.15, 0.2) is 11.6 Å². The fourth-order valence-electron chi connectivity index (χ4n) is 1.86. The van der Waals surface area contributed by atoms with E-state index in [1.165, 1.54) is 6.07 Å². The second-order valence-corrected chi connectivity index (χ2v) is 4.06. The number of nitriles is 1. The van der Waals surface area contributed by atoms with E-state index in [4.69, 9.17) is 5.26 Å². The molecular weight excluding hydrogens is 248 g/mol. The molecule has 0 aliphatic heterocycles. The fraction of sp³-hybridized carbons (Fsp3) is 0. The van der Waals surface area contributed by atoms with Gasteiger partial charge in [-0.2, -0.15) is 5.26 Å². The van der Waals surface area contributed by atoms with Crippen molar-refractivity contribution in [2.45, 2.75) is 0 Å². The van der Waals surface area contributed by atoms with Crippen molar-refractivity contribution in [3.8, 4) is 17.5 Å². The summed E-state index contributed by atoms with van der Waals surface area (Å²) < 4.78 is 26.1. The van der Waals surface area contributed by atoms with E-state index in [1.807, 2.05) is 6.07 Å². The quantitative estimate of drug-likeness (QED) is 0.724. The van der Waals surface area contributed by atoms with Crippen LogP contribution >= 0.6 is 0 Å². The Morgan fingerprint density at radius 1 is 1.05 bits per heavy atom. The Morgan fingerprint density at radius 3 is 2.63 bits per heavy atom. The Balaban J connectivity index is 2.15.